The summed E-state index contributed by atoms with van der Waals surface area (Å²) in [6.07, 6.45) is 0.278. The molecule has 2 aromatic heterocycles. The van der Waals surface area contributed by atoms with E-state index >= 15 is 0 Å². The summed E-state index contributed by atoms with van der Waals surface area (Å²) < 4.78 is 3.07. The van der Waals surface area contributed by atoms with Crippen molar-refractivity contribution < 1.29 is 4.79 Å². The van der Waals surface area contributed by atoms with E-state index in [-0.39, 0.29) is 12.3 Å². The summed E-state index contributed by atoms with van der Waals surface area (Å²) in [7, 11) is 0. The third-order valence-corrected chi connectivity index (χ3v) is 3.55. The van der Waals surface area contributed by atoms with Crippen LogP contribution in [0.2, 0.25) is 0 Å². The highest BCUT2D eigenvalue weighted by molar-refractivity contribution is 5.88. The first-order chi connectivity index (χ1) is 10.8. The standard InChI is InChI=1S/C15H12N6O/c22-15(21-14-8-4-2-6-12(14)17-19-21)9-10-20-13-7-3-1-5-11(13)16-18-20/h1-8H,9-10H2. The largest absolute Gasteiger partial charge is 0.272 e. The second kappa shape index (κ2) is 5.03. The summed E-state index contributed by atoms with van der Waals surface area (Å²) in [5.74, 6) is -0.117. The topological polar surface area (TPSA) is 78.5 Å². The maximum atomic E-state index is 12.3. The van der Waals surface area contributed by atoms with Gasteiger partial charge < -0.3 is 0 Å². The van der Waals surface area contributed by atoms with Crippen molar-refractivity contribution in [2.45, 2.75) is 13.0 Å². The molecule has 4 rings (SSSR count). The molecule has 2 aromatic carbocycles. The van der Waals surface area contributed by atoms with Crippen molar-refractivity contribution in [3.63, 3.8) is 0 Å². The van der Waals surface area contributed by atoms with Crippen LogP contribution >= 0.6 is 0 Å². The van der Waals surface area contributed by atoms with E-state index in [1.165, 1.54) is 4.68 Å². The first-order valence-electron chi connectivity index (χ1n) is 6.95. The Morgan fingerprint density at radius 2 is 1.50 bits per heavy atom. The number of benzene rings is 2. The van der Waals surface area contributed by atoms with Gasteiger partial charge in [0.2, 0.25) is 0 Å². The molecular formula is C15H12N6O. The number of aryl methyl sites for hydroxylation is 1. The van der Waals surface area contributed by atoms with Gasteiger partial charge in [0.25, 0.3) is 5.91 Å². The van der Waals surface area contributed by atoms with Crippen molar-refractivity contribution >= 4 is 28.0 Å². The number of rotatable bonds is 3. The summed E-state index contributed by atoms with van der Waals surface area (Å²) >= 11 is 0. The Labute approximate surface area is 125 Å². The lowest BCUT2D eigenvalue weighted by atomic mass is 10.3. The van der Waals surface area contributed by atoms with Gasteiger partial charge in [0, 0.05) is 6.42 Å². The van der Waals surface area contributed by atoms with Gasteiger partial charge in [-0.1, -0.05) is 34.7 Å². The minimum Gasteiger partial charge on any atom is -0.272 e. The fourth-order valence-corrected chi connectivity index (χ4v) is 2.44. The van der Waals surface area contributed by atoms with Gasteiger partial charge in [0.05, 0.1) is 17.6 Å². The van der Waals surface area contributed by atoms with Crippen LogP contribution < -0.4 is 0 Å². The lowest BCUT2D eigenvalue weighted by molar-refractivity contribution is 0.0883. The molecule has 0 amide bonds. The van der Waals surface area contributed by atoms with Gasteiger partial charge in [0.1, 0.15) is 11.0 Å². The predicted molar refractivity (Wildman–Crippen MR) is 80.3 cm³/mol. The van der Waals surface area contributed by atoms with E-state index in [0.29, 0.717) is 12.1 Å². The minimum atomic E-state index is -0.117. The Kier molecular flexibility index (Phi) is 2.89. The summed E-state index contributed by atoms with van der Waals surface area (Å²) in [6, 6.07) is 15.1. The van der Waals surface area contributed by atoms with Crippen LogP contribution in [-0.2, 0) is 6.54 Å². The number of hydrogen-bond acceptors (Lipinski definition) is 5. The molecule has 0 unspecified atom stereocenters. The van der Waals surface area contributed by atoms with E-state index in [2.05, 4.69) is 20.6 Å². The van der Waals surface area contributed by atoms with Crippen molar-refractivity contribution in [2.75, 3.05) is 0 Å². The molecule has 0 bridgehead atoms. The normalized spacial score (nSPS) is 11.3. The van der Waals surface area contributed by atoms with Crippen LogP contribution in [0.1, 0.15) is 11.2 Å². The first-order valence-corrected chi connectivity index (χ1v) is 6.95. The Bertz CT molecular complexity index is 970. The highest BCUT2D eigenvalue weighted by atomic mass is 16.2. The average molecular weight is 292 g/mol. The summed E-state index contributed by atoms with van der Waals surface area (Å²) in [6.45, 7) is 0.452. The fraction of sp³-hybridized carbons (Fsp3) is 0.133. The van der Waals surface area contributed by atoms with Crippen LogP contribution in [0.25, 0.3) is 22.1 Å². The van der Waals surface area contributed by atoms with E-state index in [0.717, 1.165) is 16.6 Å². The van der Waals surface area contributed by atoms with Crippen LogP contribution in [0, 0.1) is 0 Å². The molecule has 0 saturated carbocycles. The molecule has 0 aliphatic carbocycles. The van der Waals surface area contributed by atoms with Crippen LogP contribution in [0.4, 0.5) is 0 Å². The Balaban J connectivity index is 1.57. The maximum absolute atomic E-state index is 12.3. The number of carbonyl (C=O) groups is 1. The van der Waals surface area contributed by atoms with Crippen molar-refractivity contribution in [1.29, 1.82) is 0 Å². The number of nitrogens with zero attached hydrogens (tertiary/aromatic N) is 6. The van der Waals surface area contributed by atoms with Gasteiger partial charge in [-0.2, -0.15) is 4.68 Å². The van der Waals surface area contributed by atoms with E-state index in [1.807, 2.05) is 48.5 Å². The van der Waals surface area contributed by atoms with Crippen molar-refractivity contribution in [3.05, 3.63) is 48.5 Å². The third kappa shape index (κ3) is 2.03. The van der Waals surface area contributed by atoms with Crippen LogP contribution in [0.3, 0.4) is 0 Å². The molecule has 2 heterocycles. The van der Waals surface area contributed by atoms with Gasteiger partial charge in [-0.3, -0.25) is 4.79 Å². The Morgan fingerprint density at radius 1 is 0.864 bits per heavy atom. The lowest BCUT2D eigenvalue weighted by Crippen LogP contribution is -2.15. The molecule has 0 atom stereocenters. The van der Waals surface area contributed by atoms with Crippen molar-refractivity contribution in [3.8, 4) is 0 Å². The molecule has 0 fully saturated rings. The van der Waals surface area contributed by atoms with Crippen LogP contribution in [-0.4, -0.2) is 35.9 Å². The van der Waals surface area contributed by atoms with Crippen LogP contribution in [0.5, 0.6) is 0 Å². The van der Waals surface area contributed by atoms with E-state index in [9.17, 15) is 4.79 Å². The van der Waals surface area contributed by atoms with Gasteiger partial charge in [0.15, 0.2) is 0 Å². The highest BCUT2D eigenvalue weighted by Gasteiger charge is 2.12. The number of fused-ring (bicyclic) bond motifs is 2. The van der Waals surface area contributed by atoms with Crippen LogP contribution in [0.15, 0.2) is 48.5 Å². The van der Waals surface area contributed by atoms with Gasteiger partial charge in [-0.25, -0.2) is 4.68 Å². The SMILES string of the molecule is O=C(CCn1nnc2ccccc21)n1nnc2ccccc21. The third-order valence-electron chi connectivity index (χ3n) is 3.55. The monoisotopic (exact) mass is 292 g/mol. The van der Waals surface area contributed by atoms with Crippen molar-refractivity contribution in [1.82, 2.24) is 30.0 Å². The summed E-state index contributed by atoms with van der Waals surface area (Å²) in [5, 5.41) is 16.1. The second-order valence-electron chi connectivity index (χ2n) is 4.93. The van der Waals surface area contributed by atoms with Gasteiger partial charge in [-0.15, -0.1) is 10.2 Å². The molecule has 4 aromatic rings. The molecule has 0 aliphatic heterocycles. The summed E-state index contributed by atoms with van der Waals surface area (Å²) in [4.78, 5) is 12.3. The first kappa shape index (κ1) is 12.6. The zero-order valence-corrected chi connectivity index (χ0v) is 11.6. The molecule has 0 radical (unpaired) electrons. The molecule has 7 heteroatoms. The Morgan fingerprint density at radius 3 is 2.32 bits per heavy atom. The zero-order valence-electron chi connectivity index (χ0n) is 11.6. The van der Waals surface area contributed by atoms with Gasteiger partial charge >= 0.3 is 0 Å². The molecule has 22 heavy (non-hydrogen) atoms. The maximum Gasteiger partial charge on any atom is 0.250 e. The molecule has 0 saturated heterocycles. The summed E-state index contributed by atoms with van der Waals surface area (Å²) in [5.41, 5.74) is 3.16. The van der Waals surface area contributed by atoms with E-state index in [4.69, 9.17) is 0 Å². The second-order valence-corrected chi connectivity index (χ2v) is 4.93. The average Bonchev–Trinajstić information content (AvgIpc) is 3.17. The molecular weight excluding hydrogens is 280 g/mol. The number of carbonyl (C=O) groups excluding carboxylic acids is 1. The molecule has 0 N–H and O–H groups in total. The highest BCUT2D eigenvalue weighted by Crippen LogP contribution is 2.12. The predicted octanol–water partition coefficient (Wildman–Crippen LogP) is 1.91. The number of hydrogen-bond donors (Lipinski definition) is 0. The molecule has 7 nitrogen and oxygen atoms in total. The quantitative estimate of drug-likeness (QED) is 0.576. The van der Waals surface area contributed by atoms with E-state index < -0.39 is 0 Å². The zero-order chi connectivity index (χ0) is 14.9. The molecule has 0 aliphatic rings. The lowest BCUT2D eigenvalue weighted by Gasteiger charge is -2.02. The van der Waals surface area contributed by atoms with E-state index in [1.54, 1.807) is 4.68 Å². The smallest absolute Gasteiger partial charge is 0.250 e. The molecule has 0 spiro atoms. The minimum absolute atomic E-state index is 0.117. The fourth-order valence-electron chi connectivity index (χ4n) is 2.44. The number of aromatic nitrogens is 6. The Hall–Kier alpha value is -3.09. The number of para-hydroxylation sites is 2. The van der Waals surface area contributed by atoms with Crippen molar-refractivity contribution in [2.24, 2.45) is 0 Å². The van der Waals surface area contributed by atoms with Gasteiger partial charge in [-0.05, 0) is 24.3 Å². The molecule has 108 valence electrons.